The van der Waals surface area contributed by atoms with Crippen molar-refractivity contribution in [1.82, 2.24) is 0 Å². The first-order valence-electron chi connectivity index (χ1n) is 6.90. The maximum atomic E-state index is 13.4. The van der Waals surface area contributed by atoms with Crippen molar-refractivity contribution in [1.29, 1.82) is 0 Å². The maximum absolute atomic E-state index is 13.4. The molecule has 0 atom stereocenters. The predicted molar refractivity (Wildman–Crippen MR) is 82.9 cm³/mol. The van der Waals surface area contributed by atoms with E-state index in [9.17, 15) is 19.1 Å². The summed E-state index contributed by atoms with van der Waals surface area (Å²) in [6, 6.07) is 8.90. The van der Waals surface area contributed by atoms with Crippen molar-refractivity contribution >= 4 is 17.6 Å². The van der Waals surface area contributed by atoms with Crippen LogP contribution in [0.4, 0.5) is 10.1 Å². The predicted octanol–water partition coefficient (Wildman–Crippen LogP) is 2.94. The van der Waals surface area contributed by atoms with E-state index in [0.29, 0.717) is 11.1 Å². The Morgan fingerprint density at radius 2 is 1.91 bits per heavy atom. The number of ether oxygens (including phenoxy) is 1. The number of phenolic OH excluding ortho intramolecular Hbond substituents is 1. The topological polar surface area (TPSA) is 75.6 Å². The second-order valence-electron chi connectivity index (χ2n) is 5.06. The Kier molecular flexibility index (Phi) is 4.95. The molecule has 5 nitrogen and oxygen atoms in total. The summed E-state index contributed by atoms with van der Waals surface area (Å²) in [5.41, 5.74) is 1.25. The Bertz CT molecular complexity index is 758. The van der Waals surface area contributed by atoms with Gasteiger partial charge in [-0.25, -0.2) is 9.18 Å². The molecule has 0 aliphatic heterocycles. The second kappa shape index (κ2) is 6.91. The Morgan fingerprint density at radius 1 is 1.17 bits per heavy atom. The third-order valence-corrected chi connectivity index (χ3v) is 3.25. The first-order valence-corrected chi connectivity index (χ1v) is 6.90. The number of carbonyl (C=O) groups is 2. The normalized spacial score (nSPS) is 10.2. The van der Waals surface area contributed by atoms with Crippen LogP contribution in [0.25, 0.3) is 0 Å². The molecular weight excluding hydrogens is 301 g/mol. The van der Waals surface area contributed by atoms with Gasteiger partial charge in [-0.2, -0.15) is 0 Å². The Morgan fingerprint density at radius 3 is 2.61 bits per heavy atom. The van der Waals surface area contributed by atoms with Crippen molar-refractivity contribution in [2.45, 2.75) is 13.8 Å². The first kappa shape index (κ1) is 16.5. The molecule has 0 aromatic heterocycles. The van der Waals surface area contributed by atoms with Gasteiger partial charge in [0.25, 0.3) is 5.91 Å². The molecule has 0 aliphatic carbocycles. The van der Waals surface area contributed by atoms with Crippen LogP contribution in [0, 0.1) is 19.7 Å². The summed E-state index contributed by atoms with van der Waals surface area (Å²) in [4.78, 5) is 23.6. The average Bonchev–Trinajstić information content (AvgIpc) is 2.51. The molecule has 0 saturated carbocycles. The summed E-state index contributed by atoms with van der Waals surface area (Å²) in [6.07, 6.45) is 0. The summed E-state index contributed by atoms with van der Waals surface area (Å²) >= 11 is 0. The van der Waals surface area contributed by atoms with Gasteiger partial charge in [0.1, 0.15) is 17.1 Å². The number of benzene rings is 2. The number of nitrogens with one attached hydrogen (secondary N) is 1. The highest BCUT2D eigenvalue weighted by Gasteiger charge is 2.15. The maximum Gasteiger partial charge on any atom is 0.342 e. The van der Waals surface area contributed by atoms with Crippen LogP contribution in [-0.4, -0.2) is 23.6 Å². The molecule has 1 amide bonds. The SMILES string of the molecule is Cc1ccc(NC(=O)COC(=O)c2cccc(C)c2O)cc1F. The van der Waals surface area contributed by atoms with Crippen LogP contribution in [0.15, 0.2) is 36.4 Å². The van der Waals surface area contributed by atoms with Crippen LogP contribution in [0.5, 0.6) is 5.75 Å². The second-order valence-corrected chi connectivity index (χ2v) is 5.06. The van der Waals surface area contributed by atoms with Crippen LogP contribution in [0.3, 0.4) is 0 Å². The lowest BCUT2D eigenvalue weighted by Crippen LogP contribution is -2.21. The number of anilines is 1. The van der Waals surface area contributed by atoms with Gasteiger partial charge in [0, 0.05) is 5.69 Å². The molecule has 2 N–H and O–H groups in total. The molecule has 23 heavy (non-hydrogen) atoms. The number of hydrogen-bond donors (Lipinski definition) is 2. The zero-order valence-electron chi connectivity index (χ0n) is 12.7. The highest BCUT2D eigenvalue weighted by Crippen LogP contribution is 2.22. The van der Waals surface area contributed by atoms with Gasteiger partial charge in [-0.3, -0.25) is 4.79 Å². The van der Waals surface area contributed by atoms with Crippen LogP contribution < -0.4 is 5.32 Å². The first-order chi connectivity index (χ1) is 10.9. The number of amides is 1. The minimum atomic E-state index is -0.809. The van der Waals surface area contributed by atoms with Crippen molar-refractivity contribution in [3.8, 4) is 5.75 Å². The fourth-order valence-electron chi connectivity index (χ4n) is 1.90. The van der Waals surface area contributed by atoms with Gasteiger partial charge < -0.3 is 15.2 Å². The van der Waals surface area contributed by atoms with Crippen LogP contribution in [0.2, 0.25) is 0 Å². The summed E-state index contributed by atoms with van der Waals surface area (Å²) in [5.74, 6) is -2.03. The Balaban J connectivity index is 1.94. The summed E-state index contributed by atoms with van der Waals surface area (Å²) in [6.45, 7) is 2.71. The number of aromatic hydroxyl groups is 1. The van der Waals surface area contributed by atoms with E-state index < -0.39 is 24.3 Å². The molecule has 0 spiro atoms. The van der Waals surface area contributed by atoms with Crippen LogP contribution in [-0.2, 0) is 9.53 Å². The molecule has 0 saturated heterocycles. The molecule has 0 bridgehead atoms. The number of para-hydroxylation sites is 1. The van der Waals surface area contributed by atoms with E-state index in [1.807, 2.05) is 0 Å². The zero-order valence-corrected chi connectivity index (χ0v) is 12.7. The number of phenols is 1. The summed E-state index contributed by atoms with van der Waals surface area (Å²) in [5, 5.41) is 12.2. The van der Waals surface area contributed by atoms with E-state index in [4.69, 9.17) is 4.74 Å². The minimum Gasteiger partial charge on any atom is -0.507 e. The molecule has 0 unspecified atom stereocenters. The van der Waals surface area contributed by atoms with E-state index in [1.54, 1.807) is 32.0 Å². The van der Waals surface area contributed by atoms with Crippen molar-refractivity contribution < 1.29 is 23.8 Å². The molecule has 120 valence electrons. The average molecular weight is 317 g/mol. The number of halogens is 1. The molecular formula is C17H16FNO4. The van der Waals surface area contributed by atoms with E-state index in [1.165, 1.54) is 18.2 Å². The number of hydrogen-bond acceptors (Lipinski definition) is 4. The van der Waals surface area contributed by atoms with E-state index >= 15 is 0 Å². The van der Waals surface area contributed by atoms with Crippen molar-refractivity contribution in [2.24, 2.45) is 0 Å². The fraction of sp³-hybridized carbons (Fsp3) is 0.176. The van der Waals surface area contributed by atoms with E-state index in [0.717, 1.165) is 0 Å². The Labute approximate surface area is 132 Å². The molecule has 0 radical (unpaired) electrons. The molecule has 0 heterocycles. The lowest BCUT2D eigenvalue weighted by atomic mass is 10.1. The molecule has 2 aromatic rings. The number of rotatable bonds is 4. The molecule has 2 aromatic carbocycles. The largest absolute Gasteiger partial charge is 0.507 e. The third kappa shape index (κ3) is 4.06. The van der Waals surface area contributed by atoms with Gasteiger partial charge in [0.05, 0.1) is 0 Å². The van der Waals surface area contributed by atoms with Crippen LogP contribution >= 0.6 is 0 Å². The lowest BCUT2D eigenvalue weighted by molar-refractivity contribution is -0.119. The zero-order chi connectivity index (χ0) is 17.0. The summed E-state index contributed by atoms with van der Waals surface area (Å²) < 4.78 is 18.2. The highest BCUT2D eigenvalue weighted by molar-refractivity contribution is 5.96. The van der Waals surface area contributed by atoms with Gasteiger partial charge in [0.15, 0.2) is 6.61 Å². The standard InChI is InChI=1S/C17H16FNO4/c1-10-6-7-12(8-14(10)18)19-15(20)9-23-17(22)13-5-3-4-11(2)16(13)21/h3-8,21H,9H2,1-2H3,(H,19,20). The van der Waals surface area contributed by atoms with Gasteiger partial charge >= 0.3 is 5.97 Å². The van der Waals surface area contributed by atoms with E-state index in [-0.39, 0.29) is 17.0 Å². The third-order valence-electron chi connectivity index (χ3n) is 3.25. The van der Waals surface area contributed by atoms with Crippen molar-refractivity contribution in [3.63, 3.8) is 0 Å². The quantitative estimate of drug-likeness (QED) is 0.850. The van der Waals surface area contributed by atoms with Gasteiger partial charge in [0.2, 0.25) is 0 Å². The minimum absolute atomic E-state index is 0.0146. The fourth-order valence-corrected chi connectivity index (χ4v) is 1.90. The molecule has 2 rings (SSSR count). The monoisotopic (exact) mass is 317 g/mol. The molecule has 0 fully saturated rings. The number of carbonyl (C=O) groups excluding carboxylic acids is 2. The number of aryl methyl sites for hydroxylation is 2. The molecule has 6 heteroatoms. The number of esters is 1. The van der Waals surface area contributed by atoms with Gasteiger partial charge in [-0.1, -0.05) is 18.2 Å². The van der Waals surface area contributed by atoms with E-state index in [2.05, 4.69) is 5.32 Å². The van der Waals surface area contributed by atoms with Crippen molar-refractivity contribution in [2.75, 3.05) is 11.9 Å². The highest BCUT2D eigenvalue weighted by atomic mass is 19.1. The molecule has 0 aliphatic rings. The smallest absolute Gasteiger partial charge is 0.342 e. The lowest BCUT2D eigenvalue weighted by Gasteiger charge is -2.09. The van der Waals surface area contributed by atoms with Crippen molar-refractivity contribution in [3.05, 3.63) is 58.9 Å². The van der Waals surface area contributed by atoms with Crippen LogP contribution in [0.1, 0.15) is 21.5 Å². The van der Waals surface area contributed by atoms with Gasteiger partial charge in [-0.15, -0.1) is 0 Å². The summed E-state index contributed by atoms with van der Waals surface area (Å²) in [7, 11) is 0. The Hall–Kier alpha value is -2.89. The van der Waals surface area contributed by atoms with Gasteiger partial charge in [-0.05, 0) is 43.2 Å².